The van der Waals surface area contributed by atoms with Crippen molar-refractivity contribution in [1.29, 1.82) is 0 Å². The molecule has 8 heteroatoms. The van der Waals surface area contributed by atoms with Gasteiger partial charge in [-0.25, -0.2) is 0 Å². The number of H-pyrrole nitrogens is 1. The van der Waals surface area contributed by atoms with Crippen molar-refractivity contribution in [3.05, 3.63) is 110 Å². The second-order valence-corrected chi connectivity index (χ2v) is 10.8. The molecule has 212 valence electrons. The SMILES string of the molecule is CCC(C)/C=C\C(=C(/C)N1CCCN(c2ccc3c(c2)N=C(c2c4cccccc-4[nH]c2=O)CC=C3)CC1)[N+](=O)[O-]. The molecule has 3 aliphatic heterocycles. The third-order valence-corrected chi connectivity index (χ3v) is 8.08. The molecule has 1 saturated heterocycles. The van der Waals surface area contributed by atoms with Gasteiger partial charge in [0.15, 0.2) is 0 Å². The van der Waals surface area contributed by atoms with E-state index in [9.17, 15) is 14.9 Å². The number of anilines is 1. The van der Waals surface area contributed by atoms with Crippen LogP contribution in [0.15, 0.2) is 87.9 Å². The minimum absolute atomic E-state index is 0.123. The Labute approximate surface area is 240 Å². The van der Waals surface area contributed by atoms with Crippen LogP contribution in [0.5, 0.6) is 0 Å². The van der Waals surface area contributed by atoms with Crippen molar-refractivity contribution >= 4 is 23.2 Å². The summed E-state index contributed by atoms with van der Waals surface area (Å²) in [4.78, 5) is 37.0. The minimum atomic E-state index is -0.270. The number of nitrogens with zero attached hydrogens (tertiary/aromatic N) is 4. The zero-order valence-corrected chi connectivity index (χ0v) is 24.0. The van der Waals surface area contributed by atoms with E-state index in [4.69, 9.17) is 4.99 Å². The maximum absolute atomic E-state index is 13.0. The molecule has 0 saturated carbocycles. The molecule has 0 bridgehead atoms. The first-order valence-corrected chi connectivity index (χ1v) is 14.4. The van der Waals surface area contributed by atoms with E-state index >= 15 is 0 Å². The topological polar surface area (TPSA) is 94.8 Å². The second kappa shape index (κ2) is 12.4. The van der Waals surface area contributed by atoms with Gasteiger partial charge in [0.05, 0.1) is 27.6 Å². The summed E-state index contributed by atoms with van der Waals surface area (Å²) in [7, 11) is 0. The Morgan fingerprint density at radius 2 is 1.98 bits per heavy atom. The summed E-state index contributed by atoms with van der Waals surface area (Å²) in [5.74, 6) is 0.294. The normalized spacial score (nSPS) is 17.1. The van der Waals surface area contributed by atoms with Gasteiger partial charge in [-0.3, -0.25) is 19.9 Å². The van der Waals surface area contributed by atoms with Crippen LogP contribution in [0.1, 0.15) is 51.2 Å². The van der Waals surface area contributed by atoms with Gasteiger partial charge in [-0.1, -0.05) is 68.8 Å². The first kappa shape index (κ1) is 28.1. The smallest absolute Gasteiger partial charge is 0.287 e. The fraction of sp³-hybridized carbons (Fsp3) is 0.333. The lowest BCUT2D eigenvalue weighted by Gasteiger charge is -2.25. The lowest BCUT2D eigenvalue weighted by Crippen LogP contribution is -2.30. The summed E-state index contributed by atoms with van der Waals surface area (Å²) >= 11 is 0. The zero-order valence-electron chi connectivity index (χ0n) is 24.0. The number of allylic oxidation sites excluding steroid dienone is 4. The predicted octanol–water partition coefficient (Wildman–Crippen LogP) is 6.64. The van der Waals surface area contributed by atoms with Crippen molar-refractivity contribution in [1.82, 2.24) is 9.88 Å². The summed E-state index contributed by atoms with van der Waals surface area (Å²) in [5.41, 5.74) is 6.70. The van der Waals surface area contributed by atoms with Crippen molar-refractivity contribution < 1.29 is 4.92 Å². The Morgan fingerprint density at radius 1 is 1.15 bits per heavy atom. The lowest BCUT2D eigenvalue weighted by molar-refractivity contribution is -0.421. The van der Waals surface area contributed by atoms with Gasteiger partial charge in [-0.15, -0.1) is 0 Å². The minimum Gasteiger partial charge on any atom is -0.370 e. The van der Waals surface area contributed by atoms with E-state index in [0.717, 1.165) is 66.4 Å². The highest BCUT2D eigenvalue weighted by Gasteiger charge is 2.23. The summed E-state index contributed by atoms with van der Waals surface area (Å²) in [6.45, 7) is 9.04. The second-order valence-electron chi connectivity index (χ2n) is 10.8. The fourth-order valence-electron chi connectivity index (χ4n) is 5.46. The van der Waals surface area contributed by atoms with Crippen LogP contribution in [0.4, 0.5) is 11.4 Å². The fourth-order valence-corrected chi connectivity index (χ4v) is 5.46. The maximum atomic E-state index is 13.0. The van der Waals surface area contributed by atoms with E-state index in [-0.39, 0.29) is 16.2 Å². The maximum Gasteiger partial charge on any atom is 0.287 e. The number of rotatable bonds is 7. The standard InChI is InChI=1S/C33H37N5O3/c1-4-23(2)14-17-31(38(40)41)24(3)36-18-9-19-37(21-20-36)26-16-15-25-10-8-13-29(34-30(25)22-26)32-27-11-6-5-7-12-28(27)35-33(32)39/h5-8,10-12,14-17,22-23H,4,9,13,18-21H2,1-3H3,(H,35,39)/b17-14-,31-24-. The Kier molecular flexibility index (Phi) is 8.47. The molecule has 1 fully saturated rings. The number of benzene rings is 1. The lowest BCUT2D eigenvalue weighted by atomic mass is 10.0. The van der Waals surface area contributed by atoms with Gasteiger partial charge in [0.25, 0.3) is 11.3 Å². The molecule has 1 aromatic carbocycles. The van der Waals surface area contributed by atoms with Crippen LogP contribution in [-0.4, -0.2) is 46.7 Å². The summed E-state index contributed by atoms with van der Waals surface area (Å²) < 4.78 is 0. The van der Waals surface area contributed by atoms with Gasteiger partial charge in [-0.2, -0.15) is 0 Å². The van der Waals surface area contributed by atoms with Gasteiger partial charge in [-0.05, 0) is 43.0 Å². The van der Waals surface area contributed by atoms with Gasteiger partial charge in [0.2, 0.25) is 0 Å². The van der Waals surface area contributed by atoms with Crippen LogP contribution in [0.2, 0.25) is 0 Å². The highest BCUT2D eigenvalue weighted by molar-refractivity contribution is 6.09. The molecule has 1 aromatic rings. The van der Waals surface area contributed by atoms with Crippen LogP contribution >= 0.6 is 0 Å². The number of aromatic nitrogens is 1. The van der Waals surface area contributed by atoms with Gasteiger partial charge < -0.3 is 14.8 Å². The van der Waals surface area contributed by atoms with E-state index in [1.165, 1.54) is 0 Å². The largest absolute Gasteiger partial charge is 0.370 e. The quantitative estimate of drug-likeness (QED) is 0.202. The van der Waals surface area contributed by atoms with Crippen molar-refractivity contribution in [2.45, 2.75) is 40.0 Å². The molecular weight excluding hydrogens is 514 g/mol. The summed E-state index contributed by atoms with van der Waals surface area (Å²) in [6.07, 6.45) is 10.1. The summed E-state index contributed by atoms with van der Waals surface area (Å²) in [5, 5.41) is 11.9. The van der Waals surface area contributed by atoms with Crippen LogP contribution in [0.3, 0.4) is 0 Å². The number of hydrogen-bond acceptors (Lipinski definition) is 6. The van der Waals surface area contributed by atoms with Gasteiger partial charge >= 0.3 is 0 Å². The third-order valence-electron chi connectivity index (χ3n) is 8.08. The molecule has 0 radical (unpaired) electrons. The van der Waals surface area contributed by atoms with E-state index in [2.05, 4.69) is 59.0 Å². The van der Waals surface area contributed by atoms with Crippen molar-refractivity contribution in [3.8, 4) is 11.3 Å². The van der Waals surface area contributed by atoms with Crippen LogP contribution in [0, 0.1) is 16.0 Å². The zero-order chi connectivity index (χ0) is 28.9. The number of aromatic amines is 1. The monoisotopic (exact) mass is 551 g/mol. The van der Waals surface area contributed by atoms with Crippen molar-refractivity contribution in [2.24, 2.45) is 10.9 Å². The van der Waals surface area contributed by atoms with Gasteiger partial charge in [0, 0.05) is 55.6 Å². The Morgan fingerprint density at radius 3 is 2.78 bits per heavy atom. The molecule has 1 aliphatic carbocycles. The van der Waals surface area contributed by atoms with Crippen LogP contribution in [-0.2, 0) is 0 Å². The van der Waals surface area contributed by atoms with Crippen molar-refractivity contribution in [2.75, 3.05) is 31.1 Å². The predicted molar refractivity (Wildman–Crippen MR) is 167 cm³/mol. The molecule has 41 heavy (non-hydrogen) atoms. The molecule has 8 nitrogen and oxygen atoms in total. The van der Waals surface area contributed by atoms with E-state index in [1.807, 2.05) is 43.3 Å². The first-order chi connectivity index (χ1) is 19.9. The molecular formula is C33H37N5O3. The average molecular weight is 552 g/mol. The Hall–Kier alpha value is -4.46. The van der Waals surface area contributed by atoms with E-state index < -0.39 is 0 Å². The molecule has 0 spiro atoms. The number of hydrogen-bond donors (Lipinski definition) is 1. The molecule has 0 amide bonds. The van der Waals surface area contributed by atoms with E-state index in [1.54, 1.807) is 6.08 Å². The van der Waals surface area contributed by atoms with E-state index in [0.29, 0.717) is 30.1 Å². The molecule has 4 aliphatic rings. The molecule has 1 N–H and O–H groups in total. The Bertz CT molecular complexity index is 1580. The number of nitrogens with one attached hydrogen (secondary N) is 1. The highest BCUT2D eigenvalue weighted by Crippen LogP contribution is 2.32. The van der Waals surface area contributed by atoms with Crippen LogP contribution < -0.4 is 10.5 Å². The molecule has 1 unspecified atom stereocenters. The average Bonchev–Trinajstić information content (AvgIpc) is 3.26. The van der Waals surface area contributed by atoms with Crippen molar-refractivity contribution in [3.63, 3.8) is 0 Å². The Balaban J connectivity index is 1.40. The first-order valence-electron chi connectivity index (χ1n) is 14.4. The molecule has 5 rings (SSSR count). The number of aliphatic imine (C=N–C) groups is 1. The third kappa shape index (κ3) is 6.16. The number of fused-ring (bicyclic) bond motifs is 2. The highest BCUT2D eigenvalue weighted by atomic mass is 16.6. The molecule has 3 heterocycles. The van der Waals surface area contributed by atoms with Crippen LogP contribution in [0.25, 0.3) is 17.3 Å². The molecule has 1 atom stereocenters. The number of nitro groups is 1. The molecule has 0 aromatic heterocycles. The van der Waals surface area contributed by atoms with Gasteiger partial charge in [0.1, 0.15) is 0 Å². The summed E-state index contributed by atoms with van der Waals surface area (Å²) in [6, 6.07) is 16.0.